The van der Waals surface area contributed by atoms with Gasteiger partial charge in [-0.05, 0) is 57.6 Å². The lowest BCUT2D eigenvalue weighted by atomic mass is 10.1. The zero-order valence-corrected chi connectivity index (χ0v) is 18.6. The van der Waals surface area contributed by atoms with Gasteiger partial charge in [-0.2, -0.15) is 0 Å². The first kappa shape index (κ1) is 21.2. The number of hydrogen-bond acceptors (Lipinski definition) is 6. The van der Waals surface area contributed by atoms with Gasteiger partial charge in [0.25, 0.3) is 5.91 Å². The van der Waals surface area contributed by atoms with Crippen molar-refractivity contribution in [3.05, 3.63) is 46.1 Å². The first-order valence-electron chi connectivity index (χ1n) is 10.1. The lowest BCUT2D eigenvalue weighted by Crippen LogP contribution is -2.23. The van der Waals surface area contributed by atoms with E-state index in [9.17, 15) is 4.79 Å². The molecule has 2 heterocycles. The van der Waals surface area contributed by atoms with Crippen molar-refractivity contribution in [1.29, 1.82) is 0 Å². The van der Waals surface area contributed by atoms with Crippen LogP contribution in [0.1, 0.15) is 47.4 Å². The average molecular weight is 412 g/mol. The first-order chi connectivity index (χ1) is 14.0. The van der Waals surface area contributed by atoms with Gasteiger partial charge in [0.2, 0.25) is 0 Å². The normalized spacial score (nSPS) is 11.2. The van der Waals surface area contributed by atoms with Gasteiger partial charge in [-0.1, -0.05) is 19.9 Å². The van der Waals surface area contributed by atoms with E-state index in [2.05, 4.69) is 43.2 Å². The van der Waals surface area contributed by atoms with E-state index >= 15 is 0 Å². The Balaban J connectivity index is 2.01. The number of fused-ring (bicyclic) bond motifs is 1. The smallest absolute Gasteiger partial charge is 0.251 e. The van der Waals surface area contributed by atoms with Crippen LogP contribution < -0.4 is 10.6 Å². The summed E-state index contributed by atoms with van der Waals surface area (Å²) in [4.78, 5) is 26.4. The Morgan fingerprint density at radius 2 is 1.90 bits per heavy atom. The zero-order chi connectivity index (χ0) is 21.0. The number of carbonyl (C=O) groups excluding carboxylic acids is 1. The molecule has 29 heavy (non-hydrogen) atoms. The summed E-state index contributed by atoms with van der Waals surface area (Å²) < 4.78 is 0. The number of benzene rings is 1. The maximum Gasteiger partial charge on any atom is 0.251 e. The molecule has 0 unspecified atom stereocenters. The predicted molar refractivity (Wildman–Crippen MR) is 121 cm³/mol. The Morgan fingerprint density at radius 3 is 2.59 bits per heavy atom. The van der Waals surface area contributed by atoms with Crippen LogP contribution in [0, 0.1) is 13.8 Å². The number of thiophene rings is 1. The van der Waals surface area contributed by atoms with Crippen molar-refractivity contribution in [2.24, 2.45) is 0 Å². The molecule has 0 radical (unpaired) electrons. The molecule has 3 rings (SSSR count). The molecule has 6 nitrogen and oxygen atoms in total. The summed E-state index contributed by atoms with van der Waals surface area (Å²) in [7, 11) is 0. The molecule has 2 N–H and O–H groups in total. The molecule has 0 atom stereocenters. The van der Waals surface area contributed by atoms with Gasteiger partial charge in [-0.15, -0.1) is 11.3 Å². The molecule has 0 fully saturated rings. The van der Waals surface area contributed by atoms with E-state index in [1.165, 1.54) is 10.4 Å². The van der Waals surface area contributed by atoms with Gasteiger partial charge in [0, 0.05) is 22.7 Å². The number of aryl methyl sites for hydroxylation is 2. The molecule has 2 aromatic heterocycles. The summed E-state index contributed by atoms with van der Waals surface area (Å²) >= 11 is 1.70. The van der Waals surface area contributed by atoms with Crippen LogP contribution in [-0.2, 0) is 6.54 Å². The van der Waals surface area contributed by atoms with Crippen molar-refractivity contribution in [3.63, 3.8) is 0 Å². The lowest BCUT2D eigenvalue weighted by molar-refractivity contribution is 0.0956. The molecule has 7 heteroatoms. The number of anilines is 2. The Bertz CT molecular complexity index is 1010. The van der Waals surface area contributed by atoms with Crippen molar-refractivity contribution in [3.8, 4) is 0 Å². The van der Waals surface area contributed by atoms with Gasteiger partial charge in [-0.25, -0.2) is 9.97 Å². The van der Waals surface area contributed by atoms with Crippen LogP contribution in [0.5, 0.6) is 0 Å². The van der Waals surface area contributed by atoms with Gasteiger partial charge < -0.3 is 10.6 Å². The number of hydrogen-bond donors (Lipinski definition) is 2. The third-order valence-electron chi connectivity index (χ3n) is 5.06. The fourth-order valence-corrected chi connectivity index (χ4v) is 4.29. The van der Waals surface area contributed by atoms with Crippen LogP contribution in [0.25, 0.3) is 10.2 Å². The summed E-state index contributed by atoms with van der Waals surface area (Å²) in [6, 6.07) is 7.51. The van der Waals surface area contributed by atoms with Crippen molar-refractivity contribution in [2.45, 2.75) is 41.2 Å². The predicted octanol–water partition coefficient (Wildman–Crippen LogP) is 4.64. The van der Waals surface area contributed by atoms with E-state index in [0.717, 1.165) is 40.6 Å². The van der Waals surface area contributed by atoms with E-state index < -0.39 is 0 Å². The highest BCUT2D eigenvalue weighted by molar-refractivity contribution is 7.18. The van der Waals surface area contributed by atoms with Gasteiger partial charge >= 0.3 is 0 Å². The highest BCUT2D eigenvalue weighted by atomic mass is 32.1. The van der Waals surface area contributed by atoms with E-state index in [-0.39, 0.29) is 5.91 Å². The molecule has 0 saturated carbocycles. The van der Waals surface area contributed by atoms with Gasteiger partial charge in [0.05, 0.1) is 11.9 Å². The number of nitrogens with one attached hydrogen (secondary N) is 2. The quantitative estimate of drug-likeness (QED) is 0.565. The highest BCUT2D eigenvalue weighted by Crippen LogP contribution is 2.34. The molecule has 0 aliphatic rings. The first-order valence-corrected chi connectivity index (χ1v) is 10.9. The van der Waals surface area contributed by atoms with Gasteiger partial charge in [-0.3, -0.25) is 9.69 Å². The zero-order valence-electron chi connectivity index (χ0n) is 17.8. The molecule has 154 valence electrons. The Hall–Kier alpha value is -2.51. The summed E-state index contributed by atoms with van der Waals surface area (Å²) in [6.45, 7) is 13.7. The van der Waals surface area contributed by atoms with E-state index in [0.29, 0.717) is 18.7 Å². The topological polar surface area (TPSA) is 70.2 Å². The summed E-state index contributed by atoms with van der Waals surface area (Å²) in [5.41, 5.74) is 2.66. The highest BCUT2D eigenvalue weighted by Gasteiger charge is 2.16. The molecule has 0 spiro atoms. The summed E-state index contributed by atoms with van der Waals surface area (Å²) in [5.74, 6) is 1.53. The fourth-order valence-electron chi connectivity index (χ4n) is 3.24. The van der Waals surface area contributed by atoms with Crippen molar-refractivity contribution < 1.29 is 4.79 Å². The van der Waals surface area contributed by atoms with Crippen LogP contribution in [0.3, 0.4) is 0 Å². The molecule has 0 aliphatic heterocycles. The second-order valence-electron chi connectivity index (χ2n) is 6.98. The maximum atomic E-state index is 12.2. The number of rotatable bonds is 8. The molecule has 1 amide bonds. The lowest BCUT2D eigenvalue weighted by Gasteiger charge is -2.17. The number of amides is 1. The van der Waals surface area contributed by atoms with Crippen LogP contribution >= 0.6 is 11.3 Å². The molecule has 1 aromatic carbocycles. The summed E-state index contributed by atoms with van der Waals surface area (Å²) in [6.07, 6.45) is 0. The SMILES string of the molecule is CCNC(=O)c1cccc(Nc2nc(CN(CC)CC)nc3sc(C)c(C)c23)c1. The second-order valence-corrected chi connectivity index (χ2v) is 8.18. The van der Waals surface area contributed by atoms with Crippen LogP contribution in [0.4, 0.5) is 11.5 Å². The Morgan fingerprint density at radius 1 is 1.14 bits per heavy atom. The molecule has 0 aliphatic carbocycles. The van der Waals surface area contributed by atoms with E-state index in [1.807, 2.05) is 31.2 Å². The minimum Gasteiger partial charge on any atom is -0.352 e. The minimum atomic E-state index is -0.0752. The molecule has 3 aromatic rings. The number of aromatic nitrogens is 2. The largest absolute Gasteiger partial charge is 0.352 e. The molecule has 0 bridgehead atoms. The van der Waals surface area contributed by atoms with Crippen molar-refractivity contribution in [1.82, 2.24) is 20.2 Å². The average Bonchev–Trinajstić information content (AvgIpc) is 3.00. The third kappa shape index (κ3) is 4.74. The van der Waals surface area contributed by atoms with Crippen LogP contribution in [0.2, 0.25) is 0 Å². The number of carbonyl (C=O) groups is 1. The third-order valence-corrected chi connectivity index (χ3v) is 6.16. The van der Waals surface area contributed by atoms with Crippen LogP contribution in [0.15, 0.2) is 24.3 Å². The number of nitrogens with zero attached hydrogens (tertiary/aromatic N) is 3. The molecular weight excluding hydrogens is 382 g/mol. The fraction of sp³-hybridized carbons (Fsp3) is 0.409. The van der Waals surface area contributed by atoms with Gasteiger partial charge in [0.1, 0.15) is 16.5 Å². The minimum absolute atomic E-state index is 0.0752. The van der Waals surface area contributed by atoms with Gasteiger partial charge in [0.15, 0.2) is 0 Å². The van der Waals surface area contributed by atoms with E-state index in [1.54, 1.807) is 11.3 Å². The van der Waals surface area contributed by atoms with Crippen LogP contribution in [-0.4, -0.2) is 40.4 Å². The maximum absolute atomic E-state index is 12.2. The Labute approximate surface area is 176 Å². The van der Waals surface area contributed by atoms with E-state index in [4.69, 9.17) is 9.97 Å². The standard InChI is InChI=1S/C22H29N5OS/c1-6-23-21(28)16-10-9-11-17(12-16)24-20-19-14(4)15(5)29-22(19)26-18(25-20)13-27(7-2)8-3/h9-12H,6-8,13H2,1-5H3,(H,23,28)(H,24,25,26). The monoisotopic (exact) mass is 411 g/mol. The summed E-state index contributed by atoms with van der Waals surface area (Å²) in [5, 5.41) is 7.34. The van der Waals surface area contributed by atoms with Crippen molar-refractivity contribution in [2.75, 3.05) is 25.0 Å². The molecule has 0 saturated heterocycles. The molecular formula is C22H29N5OS. The second kappa shape index (κ2) is 9.33. The van der Waals surface area contributed by atoms with Crippen molar-refractivity contribution >= 4 is 39.0 Å². The Kier molecular flexibility index (Phi) is 6.82.